The molecule has 1 N–H and O–H groups in total. The second kappa shape index (κ2) is 5.28. The van der Waals surface area contributed by atoms with E-state index >= 15 is 0 Å². The summed E-state index contributed by atoms with van der Waals surface area (Å²) in [5.41, 5.74) is 0. The van der Waals surface area contributed by atoms with Crippen LogP contribution in [0.3, 0.4) is 0 Å². The largest absolute Gasteiger partial charge is 0.481 e. The molecule has 0 spiro atoms. The minimum atomic E-state index is -0.766. The normalized spacial score (nSPS) is 10.3. The smallest absolute Gasteiger partial charge is 0.303 e. The Kier molecular flexibility index (Phi) is 4.78. The highest BCUT2D eigenvalue weighted by atomic mass is 16.4. The molecule has 0 saturated carbocycles. The van der Waals surface area contributed by atoms with Crippen LogP contribution in [0.15, 0.2) is 4.99 Å². The van der Waals surface area contributed by atoms with Crippen molar-refractivity contribution in [2.45, 2.75) is 19.8 Å². The van der Waals surface area contributed by atoms with Gasteiger partial charge in [0.25, 0.3) is 0 Å². The maximum absolute atomic E-state index is 9.90. The molecule has 52 valence electrons. The fourth-order valence-corrected chi connectivity index (χ4v) is 0.408. The first-order valence-corrected chi connectivity index (χ1v) is 2.97. The SMILES string of the molecule is CC/N=C\CCC(=O)O. The molecule has 3 nitrogen and oxygen atoms in total. The third kappa shape index (κ3) is 7.14. The highest BCUT2D eigenvalue weighted by Gasteiger charge is 1.90. The van der Waals surface area contributed by atoms with Gasteiger partial charge in [0.1, 0.15) is 0 Å². The summed E-state index contributed by atoms with van der Waals surface area (Å²) in [7, 11) is 0. The van der Waals surface area contributed by atoms with Gasteiger partial charge in [-0.05, 0) is 19.6 Å². The molecule has 0 aromatic carbocycles. The molecule has 0 fully saturated rings. The number of carboxylic acids is 1. The third-order valence-electron chi connectivity index (χ3n) is 0.799. The number of nitrogens with zero attached hydrogens (tertiary/aromatic N) is 1. The van der Waals surface area contributed by atoms with Crippen LogP contribution in [0.5, 0.6) is 0 Å². The maximum atomic E-state index is 9.90. The Labute approximate surface area is 54.4 Å². The predicted molar refractivity (Wildman–Crippen MR) is 35.9 cm³/mol. The Bertz CT molecular complexity index is 110. The van der Waals surface area contributed by atoms with Crippen molar-refractivity contribution >= 4 is 12.2 Å². The Morgan fingerprint density at radius 3 is 2.89 bits per heavy atom. The van der Waals surface area contributed by atoms with Crippen molar-refractivity contribution < 1.29 is 9.90 Å². The van der Waals surface area contributed by atoms with Crippen LogP contribution < -0.4 is 0 Å². The van der Waals surface area contributed by atoms with Crippen molar-refractivity contribution in [3.05, 3.63) is 0 Å². The van der Waals surface area contributed by atoms with E-state index in [9.17, 15) is 4.79 Å². The number of aliphatic imine (C=N–C) groups is 1. The van der Waals surface area contributed by atoms with Gasteiger partial charge in [-0.1, -0.05) is 0 Å². The molecule has 0 atom stereocenters. The van der Waals surface area contributed by atoms with Gasteiger partial charge in [0, 0.05) is 6.54 Å². The highest BCUT2D eigenvalue weighted by molar-refractivity contribution is 5.71. The lowest BCUT2D eigenvalue weighted by molar-refractivity contribution is -0.136. The zero-order valence-electron chi connectivity index (χ0n) is 5.50. The van der Waals surface area contributed by atoms with Crippen LogP contribution in [0, 0.1) is 0 Å². The fourth-order valence-electron chi connectivity index (χ4n) is 0.408. The lowest BCUT2D eigenvalue weighted by atomic mass is 10.3. The summed E-state index contributed by atoms with van der Waals surface area (Å²) in [6.07, 6.45) is 2.38. The first kappa shape index (κ1) is 8.14. The zero-order chi connectivity index (χ0) is 7.11. The number of carboxylic acid groups (broad SMARTS) is 1. The van der Waals surface area contributed by atoms with Crippen LogP contribution in [0.1, 0.15) is 19.8 Å². The first-order chi connectivity index (χ1) is 4.27. The van der Waals surface area contributed by atoms with Gasteiger partial charge >= 0.3 is 5.97 Å². The van der Waals surface area contributed by atoms with E-state index < -0.39 is 5.97 Å². The second-order valence-electron chi connectivity index (χ2n) is 1.61. The summed E-state index contributed by atoms with van der Waals surface area (Å²) >= 11 is 0. The van der Waals surface area contributed by atoms with Crippen LogP contribution in [0.2, 0.25) is 0 Å². The number of rotatable bonds is 4. The number of aliphatic carboxylic acids is 1. The van der Waals surface area contributed by atoms with E-state index in [0.717, 1.165) is 6.54 Å². The van der Waals surface area contributed by atoms with Gasteiger partial charge in [0.05, 0.1) is 6.42 Å². The minimum Gasteiger partial charge on any atom is -0.481 e. The average Bonchev–Trinajstić information content (AvgIpc) is 1.80. The summed E-state index contributed by atoms with van der Waals surface area (Å²) in [4.78, 5) is 13.8. The van der Waals surface area contributed by atoms with Crippen molar-refractivity contribution in [3.8, 4) is 0 Å². The molecule has 0 saturated heterocycles. The lowest BCUT2D eigenvalue weighted by Gasteiger charge is -1.84. The van der Waals surface area contributed by atoms with Crippen LogP contribution >= 0.6 is 0 Å². The van der Waals surface area contributed by atoms with Crippen molar-refractivity contribution in [2.75, 3.05) is 6.54 Å². The molecular formula is C6H11NO2. The van der Waals surface area contributed by atoms with E-state index in [-0.39, 0.29) is 6.42 Å². The van der Waals surface area contributed by atoms with Crippen LogP contribution in [0.25, 0.3) is 0 Å². The minimum absolute atomic E-state index is 0.184. The topological polar surface area (TPSA) is 49.7 Å². The molecule has 0 aromatic rings. The van der Waals surface area contributed by atoms with Gasteiger partial charge < -0.3 is 5.11 Å². The Hall–Kier alpha value is -0.860. The van der Waals surface area contributed by atoms with Crippen molar-refractivity contribution in [3.63, 3.8) is 0 Å². The van der Waals surface area contributed by atoms with Crippen LogP contribution in [-0.2, 0) is 4.79 Å². The van der Waals surface area contributed by atoms with E-state index in [1.807, 2.05) is 6.92 Å². The van der Waals surface area contributed by atoms with E-state index in [1.54, 1.807) is 6.21 Å². The van der Waals surface area contributed by atoms with E-state index in [0.29, 0.717) is 6.42 Å². The summed E-state index contributed by atoms with van der Waals surface area (Å²) in [6, 6.07) is 0. The molecule has 0 rings (SSSR count). The Morgan fingerprint density at radius 2 is 2.44 bits per heavy atom. The molecule has 0 bridgehead atoms. The molecule has 0 aliphatic carbocycles. The fraction of sp³-hybridized carbons (Fsp3) is 0.667. The molecule has 0 aliphatic rings. The molecule has 3 heteroatoms. The number of carbonyl (C=O) groups is 1. The summed E-state index contributed by atoms with van der Waals surface area (Å²) in [5.74, 6) is -0.766. The summed E-state index contributed by atoms with van der Waals surface area (Å²) < 4.78 is 0. The van der Waals surface area contributed by atoms with E-state index in [4.69, 9.17) is 5.11 Å². The van der Waals surface area contributed by atoms with Crippen molar-refractivity contribution in [2.24, 2.45) is 4.99 Å². The van der Waals surface area contributed by atoms with Gasteiger partial charge in [-0.2, -0.15) is 0 Å². The molecule has 0 amide bonds. The second-order valence-corrected chi connectivity index (χ2v) is 1.61. The van der Waals surface area contributed by atoms with Gasteiger partial charge in [0.2, 0.25) is 0 Å². The van der Waals surface area contributed by atoms with E-state index in [1.165, 1.54) is 0 Å². The summed E-state index contributed by atoms with van der Waals surface area (Å²) in [5, 5.41) is 8.15. The summed E-state index contributed by atoms with van der Waals surface area (Å²) in [6.45, 7) is 2.65. The van der Waals surface area contributed by atoms with Crippen molar-refractivity contribution in [1.29, 1.82) is 0 Å². The quantitative estimate of drug-likeness (QED) is 0.574. The van der Waals surface area contributed by atoms with Gasteiger partial charge in [-0.15, -0.1) is 0 Å². The molecule has 0 heterocycles. The molecule has 9 heavy (non-hydrogen) atoms. The standard InChI is InChI=1S/C6H11NO2/c1-2-7-5-3-4-6(8)9/h5H,2-4H2,1H3,(H,8,9)/b7-5-. The first-order valence-electron chi connectivity index (χ1n) is 2.97. The maximum Gasteiger partial charge on any atom is 0.303 e. The predicted octanol–water partition coefficient (Wildman–Crippen LogP) is 0.942. The zero-order valence-corrected chi connectivity index (χ0v) is 5.50. The van der Waals surface area contributed by atoms with Crippen molar-refractivity contribution in [1.82, 2.24) is 0 Å². The highest BCUT2D eigenvalue weighted by Crippen LogP contribution is 1.83. The monoisotopic (exact) mass is 129 g/mol. The van der Waals surface area contributed by atoms with Crippen LogP contribution in [0.4, 0.5) is 0 Å². The molecule has 0 radical (unpaired) electrons. The Morgan fingerprint density at radius 1 is 1.78 bits per heavy atom. The molecular weight excluding hydrogens is 118 g/mol. The molecule has 0 unspecified atom stereocenters. The molecule has 0 aromatic heterocycles. The van der Waals surface area contributed by atoms with Gasteiger partial charge in [-0.3, -0.25) is 9.79 Å². The van der Waals surface area contributed by atoms with E-state index in [2.05, 4.69) is 4.99 Å². The lowest BCUT2D eigenvalue weighted by Crippen LogP contribution is -1.93. The van der Waals surface area contributed by atoms with Gasteiger partial charge in [0.15, 0.2) is 0 Å². The number of hydrogen-bond acceptors (Lipinski definition) is 2. The molecule has 0 aliphatic heterocycles. The number of hydrogen-bond donors (Lipinski definition) is 1. The van der Waals surface area contributed by atoms with Gasteiger partial charge in [-0.25, -0.2) is 0 Å². The van der Waals surface area contributed by atoms with Crippen LogP contribution in [-0.4, -0.2) is 23.8 Å². The third-order valence-corrected chi connectivity index (χ3v) is 0.799. The average molecular weight is 129 g/mol. The Balaban J connectivity index is 3.09.